The highest BCUT2D eigenvalue weighted by atomic mass is 32.1. The van der Waals surface area contributed by atoms with Crippen LogP contribution in [0.25, 0.3) is 173 Å². The van der Waals surface area contributed by atoms with Crippen molar-refractivity contribution in [2.45, 2.75) is 0 Å². The molecule has 120 heavy (non-hydrogen) atoms. The number of hydrogen-bond donors (Lipinski definition) is 0. The van der Waals surface area contributed by atoms with Gasteiger partial charge in [0, 0.05) is 104 Å². The van der Waals surface area contributed by atoms with Crippen LogP contribution >= 0.6 is 22.7 Å². The number of para-hydroxylation sites is 4. The Labute approximate surface area is 718 Å². The van der Waals surface area contributed by atoms with Crippen LogP contribution in [0.5, 0.6) is 0 Å². The molecule has 0 saturated heterocycles. The Hall–Kier alpha value is -15.2. The standard InChI is InChI=1S/C60H40N2S.C54H36N2S/c1-5-17-41(18-6-1)43-29-35-48(36-30-43)61(49-37-31-44(32-38-49)42-19-7-2-8-20-42)50-39-33-46(34-40-50)56-55(45-21-9-3-10-22-45)57-51-25-13-15-27-53(51)62(47-23-11-4-12-24-47)59(57)60-58(56)52-26-14-16-28-54(52)63-60;1-4-14-37(15-5-1)39-24-30-43(31-25-39)55(44-32-26-40(27-33-44)38-16-6-2-7-17-38)45-34-28-41(29-35-45)48-36-49-46-20-10-12-22-50(46)56(42-18-8-3-9-19-42)53(49)54-52(48)47-21-11-13-23-51(47)57-54/h1-40H;1-36H/i1D,5D,6D,17D,18D;3D,8D,9D,18D,19D. The van der Waals surface area contributed by atoms with Gasteiger partial charge in [-0.3, -0.25) is 0 Å². The number of fused-ring (bicyclic) bond motifs is 14. The number of aromatic nitrogens is 2. The van der Waals surface area contributed by atoms with Crippen molar-refractivity contribution in [3.63, 3.8) is 0 Å². The summed E-state index contributed by atoms with van der Waals surface area (Å²) in [4.78, 5) is 4.49. The lowest BCUT2D eigenvalue weighted by atomic mass is 9.87. The first-order chi connectivity index (χ1) is 63.7. The first-order valence-electron chi connectivity index (χ1n) is 45.1. The minimum Gasteiger partial charge on any atom is -0.311 e. The van der Waals surface area contributed by atoms with Crippen molar-refractivity contribution in [1.82, 2.24) is 9.13 Å². The lowest BCUT2D eigenvalue weighted by molar-refractivity contribution is 1.19. The van der Waals surface area contributed by atoms with E-state index in [4.69, 9.17) is 13.7 Å². The number of rotatable bonds is 15. The van der Waals surface area contributed by atoms with Crippen molar-refractivity contribution < 1.29 is 13.7 Å². The minimum atomic E-state index is -0.408. The van der Waals surface area contributed by atoms with Gasteiger partial charge >= 0.3 is 0 Å². The molecule has 23 aromatic rings. The predicted octanol–water partition coefficient (Wildman–Crippen LogP) is 32.9. The lowest BCUT2D eigenvalue weighted by Crippen LogP contribution is -2.09. The molecule has 4 aromatic heterocycles. The molecule has 0 bridgehead atoms. The highest BCUT2D eigenvalue weighted by Gasteiger charge is 2.29. The minimum absolute atomic E-state index is 0.145. The summed E-state index contributed by atoms with van der Waals surface area (Å²) in [6.07, 6.45) is 0. The molecule has 6 heteroatoms. The van der Waals surface area contributed by atoms with Crippen LogP contribution in [0.1, 0.15) is 13.7 Å². The molecule has 0 aliphatic heterocycles. The van der Waals surface area contributed by atoms with Crippen LogP contribution in [-0.4, -0.2) is 9.13 Å². The first-order valence-corrected chi connectivity index (χ1v) is 41.8. The fourth-order valence-corrected chi connectivity index (χ4v) is 20.0. The fraction of sp³-hybridized carbons (Fsp3) is 0. The molecule has 564 valence electrons. The summed E-state index contributed by atoms with van der Waals surface area (Å²) in [5, 5.41) is 8.90. The van der Waals surface area contributed by atoms with E-state index in [0.29, 0.717) is 5.56 Å². The zero-order chi connectivity index (χ0) is 88.1. The molecule has 0 aliphatic rings. The third-order valence-electron chi connectivity index (χ3n) is 23.0. The van der Waals surface area contributed by atoms with E-state index < -0.39 is 12.1 Å². The van der Waals surface area contributed by atoms with E-state index in [1.807, 2.05) is 94.8 Å². The monoisotopic (exact) mass is 1570 g/mol. The third kappa shape index (κ3) is 12.8. The Balaban J connectivity index is 0.000000153. The molecule has 0 N–H and O–H groups in total. The molecular formula is C114H76N4S2. The SMILES string of the molecule is [2H]c1c([2H])c([2H])c(-c2ccc(N(c3ccc(-c4ccccc4)cc3)c3ccc(-c4c(-c5ccccc5)c5c6ccccc6n(-c6ccccc6)c5c5sc6ccccc6c45)cc3)cc2)c([2H])c1[2H].[2H]c1c([2H])c([2H])c(-n2c3ccccc3c3cc(-c4ccc(N(c5ccc(-c6ccccc6)cc5)c5ccc(-c6ccccc6)cc5)cc4)c4c5ccccc5sc4c32)c([2H])c1[2H]. The third-order valence-corrected chi connectivity index (χ3v) is 25.3. The topological polar surface area (TPSA) is 16.3 Å². The van der Waals surface area contributed by atoms with Crippen LogP contribution in [0.15, 0.2) is 461 Å². The van der Waals surface area contributed by atoms with Gasteiger partial charge in [0.25, 0.3) is 0 Å². The number of benzene rings is 19. The first kappa shape index (κ1) is 61.2. The molecule has 0 radical (unpaired) electrons. The van der Waals surface area contributed by atoms with E-state index in [2.05, 4.69) is 336 Å². The average molecular weight is 1580 g/mol. The van der Waals surface area contributed by atoms with Crippen molar-refractivity contribution in [2.75, 3.05) is 9.80 Å². The van der Waals surface area contributed by atoms with E-state index in [1.165, 1.54) is 58.7 Å². The predicted molar refractivity (Wildman–Crippen MR) is 515 cm³/mol. The van der Waals surface area contributed by atoms with Crippen molar-refractivity contribution >= 4 is 141 Å². The molecule has 0 saturated carbocycles. The molecule has 0 atom stereocenters. The Kier molecular flexibility index (Phi) is 15.7. The Morgan fingerprint density at radius 2 is 0.533 bits per heavy atom. The van der Waals surface area contributed by atoms with Gasteiger partial charge in [-0.25, -0.2) is 0 Å². The van der Waals surface area contributed by atoms with E-state index in [0.717, 1.165) is 132 Å². The summed E-state index contributed by atoms with van der Waals surface area (Å²) in [5.41, 5.74) is 25.4. The van der Waals surface area contributed by atoms with E-state index in [1.54, 1.807) is 11.3 Å². The van der Waals surface area contributed by atoms with Gasteiger partial charge in [-0.15, -0.1) is 22.7 Å². The fourth-order valence-electron chi connectivity index (χ4n) is 17.5. The molecule has 0 amide bonds. The van der Waals surface area contributed by atoms with E-state index in [-0.39, 0.29) is 59.6 Å². The zero-order valence-electron chi connectivity index (χ0n) is 74.7. The maximum absolute atomic E-state index is 9.04. The molecule has 4 heterocycles. The van der Waals surface area contributed by atoms with Crippen LogP contribution in [0.4, 0.5) is 34.1 Å². The highest BCUT2D eigenvalue weighted by Crippen LogP contribution is 2.55. The van der Waals surface area contributed by atoms with Gasteiger partial charge < -0.3 is 18.9 Å². The molecule has 4 nitrogen and oxygen atoms in total. The highest BCUT2D eigenvalue weighted by molar-refractivity contribution is 7.27. The molecule has 23 rings (SSSR count). The molecule has 19 aromatic carbocycles. The van der Waals surface area contributed by atoms with E-state index in [9.17, 15) is 0 Å². The second-order valence-electron chi connectivity index (χ2n) is 29.8. The summed E-state index contributed by atoms with van der Waals surface area (Å²) < 4.78 is 94.5. The van der Waals surface area contributed by atoms with Crippen LogP contribution in [0.2, 0.25) is 0 Å². The van der Waals surface area contributed by atoms with Gasteiger partial charge in [-0.05, 0) is 200 Å². The van der Waals surface area contributed by atoms with Gasteiger partial charge in [0.1, 0.15) is 0 Å². The van der Waals surface area contributed by atoms with E-state index >= 15 is 0 Å². The molecule has 0 fully saturated rings. The summed E-state index contributed by atoms with van der Waals surface area (Å²) in [5.74, 6) is 0. The number of anilines is 6. The largest absolute Gasteiger partial charge is 0.311 e. The van der Waals surface area contributed by atoms with Crippen LogP contribution < -0.4 is 9.80 Å². The zero-order valence-corrected chi connectivity index (χ0v) is 66.3. The van der Waals surface area contributed by atoms with Gasteiger partial charge in [-0.1, -0.05) is 333 Å². The second kappa shape index (κ2) is 30.8. The molecule has 0 aliphatic carbocycles. The molecular weight excluding hydrogens is 1490 g/mol. The van der Waals surface area contributed by atoms with Gasteiger partial charge in [0.2, 0.25) is 0 Å². The summed E-state index contributed by atoms with van der Waals surface area (Å²) in [7, 11) is 0. The Bertz CT molecular complexity index is 8200. The normalized spacial score (nSPS) is 12.7. The average Bonchev–Trinajstić information content (AvgIpc) is 1.60. The molecule has 0 spiro atoms. The lowest BCUT2D eigenvalue weighted by Gasteiger charge is -2.26. The Morgan fingerprint density at radius 1 is 0.217 bits per heavy atom. The second-order valence-corrected chi connectivity index (χ2v) is 31.9. The van der Waals surface area contributed by atoms with Gasteiger partial charge in [0.05, 0.1) is 45.2 Å². The Morgan fingerprint density at radius 3 is 1.00 bits per heavy atom. The quantitative estimate of drug-likeness (QED) is 0.102. The van der Waals surface area contributed by atoms with Crippen LogP contribution in [0.3, 0.4) is 0 Å². The summed E-state index contributed by atoms with van der Waals surface area (Å²) in [6.45, 7) is 0. The van der Waals surface area contributed by atoms with Gasteiger partial charge in [0.15, 0.2) is 0 Å². The number of hydrogen-bond acceptors (Lipinski definition) is 4. The number of thiophene rings is 2. The van der Waals surface area contributed by atoms with Crippen molar-refractivity contribution in [2.24, 2.45) is 0 Å². The summed E-state index contributed by atoms with van der Waals surface area (Å²) >= 11 is 3.52. The van der Waals surface area contributed by atoms with Crippen LogP contribution in [0, 0.1) is 0 Å². The smallest absolute Gasteiger partial charge is 0.0726 e. The summed E-state index contributed by atoms with van der Waals surface area (Å²) in [6, 6.07) is 137. The van der Waals surface area contributed by atoms with Crippen molar-refractivity contribution in [3.05, 3.63) is 461 Å². The molecule has 0 unspecified atom stereocenters. The maximum atomic E-state index is 9.04. The van der Waals surface area contributed by atoms with Crippen molar-refractivity contribution in [1.29, 1.82) is 0 Å². The number of nitrogens with zero attached hydrogens (tertiary/aromatic N) is 4. The van der Waals surface area contributed by atoms with Crippen LogP contribution in [-0.2, 0) is 0 Å². The van der Waals surface area contributed by atoms with Gasteiger partial charge in [-0.2, -0.15) is 0 Å². The van der Waals surface area contributed by atoms with Crippen molar-refractivity contribution in [3.8, 4) is 89.3 Å². The maximum Gasteiger partial charge on any atom is 0.0726 e.